The molecule has 0 radical (unpaired) electrons. The van der Waals surface area contributed by atoms with Gasteiger partial charge in [0.2, 0.25) is 0 Å². The molecular formula is C15H18ClFN2OS. The second-order valence-electron chi connectivity index (χ2n) is 5.30. The van der Waals surface area contributed by atoms with Crippen molar-refractivity contribution in [3.8, 4) is 0 Å². The number of carbonyl (C=O) groups is 1. The number of carbonyl (C=O) groups excluding carboxylic acids is 1. The molecule has 0 spiro atoms. The Balaban J connectivity index is 0.00000161. The predicted molar refractivity (Wildman–Crippen MR) is 86.7 cm³/mol. The summed E-state index contributed by atoms with van der Waals surface area (Å²) in [5.41, 5.74) is 5.73. The topological polar surface area (TPSA) is 55.1 Å². The van der Waals surface area contributed by atoms with Gasteiger partial charge in [-0.15, -0.1) is 23.7 Å². The summed E-state index contributed by atoms with van der Waals surface area (Å²) >= 11 is 1.40. The van der Waals surface area contributed by atoms with Crippen LogP contribution < -0.4 is 11.1 Å². The molecule has 1 aromatic heterocycles. The summed E-state index contributed by atoms with van der Waals surface area (Å²) in [4.78, 5) is 12.9. The highest BCUT2D eigenvalue weighted by Crippen LogP contribution is 2.28. The maximum absolute atomic E-state index is 13.2. The van der Waals surface area contributed by atoms with E-state index in [0.29, 0.717) is 17.3 Å². The fourth-order valence-electron chi connectivity index (χ4n) is 2.87. The first-order valence-corrected chi connectivity index (χ1v) is 7.69. The quantitative estimate of drug-likeness (QED) is 0.908. The molecule has 1 amide bonds. The number of rotatable bonds is 3. The lowest BCUT2D eigenvalue weighted by Crippen LogP contribution is -2.39. The van der Waals surface area contributed by atoms with Crippen LogP contribution in [0.25, 0.3) is 10.1 Å². The van der Waals surface area contributed by atoms with E-state index >= 15 is 0 Å². The van der Waals surface area contributed by atoms with E-state index in [1.165, 1.54) is 23.5 Å². The van der Waals surface area contributed by atoms with Crippen LogP contribution in [0.2, 0.25) is 0 Å². The molecule has 1 fully saturated rings. The highest BCUT2D eigenvalue weighted by Gasteiger charge is 2.28. The minimum atomic E-state index is -0.277. The van der Waals surface area contributed by atoms with E-state index in [2.05, 4.69) is 5.32 Å². The van der Waals surface area contributed by atoms with Gasteiger partial charge in [-0.3, -0.25) is 4.79 Å². The first kappa shape index (κ1) is 16.2. The predicted octanol–water partition coefficient (Wildman–Crippen LogP) is 3.32. The van der Waals surface area contributed by atoms with Crippen LogP contribution >= 0.6 is 23.7 Å². The maximum atomic E-state index is 13.2. The fourth-order valence-corrected chi connectivity index (χ4v) is 3.82. The van der Waals surface area contributed by atoms with Gasteiger partial charge in [-0.25, -0.2) is 4.39 Å². The largest absolute Gasteiger partial charge is 0.348 e. The number of hydrogen-bond donors (Lipinski definition) is 2. The summed E-state index contributed by atoms with van der Waals surface area (Å²) in [6.45, 7) is 0.614. The van der Waals surface area contributed by atoms with E-state index in [0.717, 1.165) is 29.3 Å². The number of nitrogens with one attached hydrogen (secondary N) is 1. The minimum Gasteiger partial charge on any atom is -0.348 e. The molecule has 2 aromatic rings. The van der Waals surface area contributed by atoms with Crippen LogP contribution in [0.3, 0.4) is 0 Å². The zero-order valence-electron chi connectivity index (χ0n) is 11.5. The Morgan fingerprint density at radius 3 is 2.95 bits per heavy atom. The standard InChI is InChI=1S/C15H17FN2OS.ClH/c16-11-4-5-13-10(6-11)7-14(20-13)15(19)18-12-3-1-2-9(12)8-17;/h4-7,9,12H,1-3,8,17H2,(H,18,19);1H. The van der Waals surface area contributed by atoms with E-state index in [1.54, 1.807) is 12.1 Å². The first-order valence-electron chi connectivity index (χ1n) is 6.87. The third-order valence-corrected chi connectivity index (χ3v) is 5.10. The zero-order chi connectivity index (χ0) is 14.1. The molecule has 3 N–H and O–H groups in total. The Kier molecular flexibility index (Phi) is 5.19. The number of hydrogen-bond acceptors (Lipinski definition) is 3. The van der Waals surface area contributed by atoms with Crippen LogP contribution in [0.1, 0.15) is 28.9 Å². The smallest absolute Gasteiger partial charge is 0.261 e. The van der Waals surface area contributed by atoms with Gasteiger partial charge < -0.3 is 11.1 Å². The molecule has 1 heterocycles. The van der Waals surface area contributed by atoms with Gasteiger partial charge in [-0.2, -0.15) is 0 Å². The molecule has 0 aliphatic heterocycles. The van der Waals surface area contributed by atoms with Gasteiger partial charge >= 0.3 is 0 Å². The molecule has 2 atom stereocenters. The van der Waals surface area contributed by atoms with Gasteiger partial charge in [-0.05, 0) is 55.0 Å². The highest BCUT2D eigenvalue weighted by molar-refractivity contribution is 7.20. The summed E-state index contributed by atoms with van der Waals surface area (Å²) in [7, 11) is 0. The van der Waals surface area contributed by atoms with E-state index < -0.39 is 0 Å². The van der Waals surface area contributed by atoms with Crippen LogP contribution in [0.4, 0.5) is 4.39 Å². The van der Waals surface area contributed by atoms with E-state index in [4.69, 9.17) is 5.73 Å². The number of amides is 1. The molecule has 6 heteroatoms. The number of fused-ring (bicyclic) bond motifs is 1. The van der Waals surface area contributed by atoms with Gasteiger partial charge in [0.25, 0.3) is 5.91 Å². The fraction of sp³-hybridized carbons (Fsp3) is 0.400. The van der Waals surface area contributed by atoms with Crippen molar-refractivity contribution in [2.24, 2.45) is 11.7 Å². The molecule has 0 bridgehead atoms. The third kappa shape index (κ3) is 3.36. The van der Waals surface area contributed by atoms with Gasteiger partial charge in [-0.1, -0.05) is 6.42 Å². The molecule has 1 aliphatic carbocycles. The Morgan fingerprint density at radius 2 is 2.19 bits per heavy atom. The second-order valence-corrected chi connectivity index (χ2v) is 6.38. The van der Waals surface area contributed by atoms with E-state index in [9.17, 15) is 9.18 Å². The van der Waals surface area contributed by atoms with Gasteiger partial charge in [0.05, 0.1) is 4.88 Å². The van der Waals surface area contributed by atoms with Crippen molar-refractivity contribution in [2.45, 2.75) is 25.3 Å². The Morgan fingerprint density at radius 1 is 1.38 bits per heavy atom. The van der Waals surface area contributed by atoms with Gasteiger partial charge in [0.15, 0.2) is 0 Å². The van der Waals surface area contributed by atoms with E-state index in [-0.39, 0.29) is 30.2 Å². The van der Waals surface area contributed by atoms with Crippen molar-refractivity contribution in [1.82, 2.24) is 5.32 Å². The molecule has 0 saturated heterocycles. The highest BCUT2D eigenvalue weighted by atomic mass is 35.5. The van der Waals surface area contributed by atoms with Crippen LogP contribution in [-0.2, 0) is 0 Å². The summed E-state index contributed by atoms with van der Waals surface area (Å²) in [6, 6.07) is 6.52. The average molecular weight is 329 g/mol. The minimum absolute atomic E-state index is 0. The lowest BCUT2D eigenvalue weighted by Gasteiger charge is -2.18. The molecule has 3 rings (SSSR count). The van der Waals surface area contributed by atoms with Crippen molar-refractivity contribution >= 4 is 39.7 Å². The number of nitrogens with two attached hydrogens (primary N) is 1. The average Bonchev–Trinajstić information content (AvgIpc) is 3.04. The third-order valence-electron chi connectivity index (χ3n) is 3.98. The Bertz CT molecular complexity index is 646. The Hall–Kier alpha value is -1.17. The molecule has 1 aliphatic rings. The van der Waals surface area contributed by atoms with Crippen molar-refractivity contribution in [3.05, 3.63) is 35.0 Å². The zero-order valence-corrected chi connectivity index (χ0v) is 13.1. The van der Waals surface area contributed by atoms with Gasteiger partial charge in [0, 0.05) is 10.7 Å². The second kappa shape index (κ2) is 6.73. The lowest BCUT2D eigenvalue weighted by molar-refractivity contribution is 0.0933. The van der Waals surface area contributed by atoms with Crippen molar-refractivity contribution < 1.29 is 9.18 Å². The molecule has 1 saturated carbocycles. The summed E-state index contributed by atoms with van der Waals surface area (Å²) < 4.78 is 14.1. The lowest BCUT2D eigenvalue weighted by atomic mass is 10.0. The summed E-state index contributed by atoms with van der Waals surface area (Å²) in [6.07, 6.45) is 3.19. The summed E-state index contributed by atoms with van der Waals surface area (Å²) in [5, 5.41) is 3.85. The maximum Gasteiger partial charge on any atom is 0.261 e. The Labute approximate surface area is 133 Å². The molecule has 114 valence electrons. The van der Waals surface area contributed by atoms with Gasteiger partial charge in [0.1, 0.15) is 5.82 Å². The SMILES string of the molecule is Cl.NCC1CCCC1NC(=O)c1cc2cc(F)ccc2s1. The van der Waals surface area contributed by atoms with Crippen LogP contribution in [0.5, 0.6) is 0 Å². The molecule has 1 aromatic carbocycles. The van der Waals surface area contributed by atoms with Crippen LogP contribution in [0.15, 0.2) is 24.3 Å². The van der Waals surface area contributed by atoms with Crippen LogP contribution in [-0.4, -0.2) is 18.5 Å². The van der Waals surface area contributed by atoms with Crippen molar-refractivity contribution in [2.75, 3.05) is 6.54 Å². The number of thiophene rings is 1. The molecule has 2 unspecified atom stereocenters. The molecular weight excluding hydrogens is 311 g/mol. The first-order chi connectivity index (χ1) is 9.67. The molecule has 3 nitrogen and oxygen atoms in total. The summed E-state index contributed by atoms with van der Waals surface area (Å²) in [5.74, 6) is 0.0315. The van der Waals surface area contributed by atoms with E-state index in [1.807, 2.05) is 0 Å². The van der Waals surface area contributed by atoms with Crippen molar-refractivity contribution in [3.63, 3.8) is 0 Å². The van der Waals surface area contributed by atoms with Crippen molar-refractivity contribution in [1.29, 1.82) is 0 Å². The number of halogens is 2. The normalized spacial score (nSPS) is 21.2. The monoisotopic (exact) mass is 328 g/mol. The van der Waals surface area contributed by atoms with Crippen LogP contribution in [0, 0.1) is 11.7 Å². The number of benzene rings is 1. The molecule has 21 heavy (non-hydrogen) atoms.